The summed E-state index contributed by atoms with van der Waals surface area (Å²) in [5.74, 6) is -2.48. The summed E-state index contributed by atoms with van der Waals surface area (Å²) in [5.41, 5.74) is 0.674. The number of hydrogen-bond acceptors (Lipinski definition) is 4. The minimum absolute atomic E-state index is 0.0266. The highest BCUT2D eigenvalue weighted by Gasteiger charge is 2.25. The first-order valence-electron chi connectivity index (χ1n) is 8.94. The largest absolute Gasteiger partial charge is 0.494 e. The van der Waals surface area contributed by atoms with Gasteiger partial charge in [-0.15, -0.1) is 0 Å². The van der Waals surface area contributed by atoms with E-state index < -0.39 is 17.9 Å². The van der Waals surface area contributed by atoms with Gasteiger partial charge in [0, 0.05) is 0 Å². The Kier molecular flexibility index (Phi) is 7.73. The van der Waals surface area contributed by atoms with E-state index >= 15 is 0 Å². The Morgan fingerprint density at radius 2 is 1.72 bits per heavy atom. The number of carbonyl (C=O) groups is 2. The number of hydrogen-bond donors (Lipinski definition) is 3. The molecule has 1 aromatic rings. The molecule has 0 atom stereocenters. The first-order chi connectivity index (χ1) is 12.1. The Hall–Kier alpha value is -2.08. The van der Waals surface area contributed by atoms with Crippen LogP contribution in [0.2, 0.25) is 0 Å². The lowest BCUT2D eigenvalue weighted by molar-refractivity contribution is -0.154. The first kappa shape index (κ1) is 19.2. The molecule has 1 heterocycles. The summed E-state index contributed by atoms with van der Waals surface area (Å²) in [5, 5.41) is 21.2. The summed E-state index contributed by atoms with van der Waals surface area (Å²) in [6.07, 6.45) is 5.97. The molecule has 0 radical (unpaired) electrons. The van der Waals surface area contributed by atoms with E-state index in [2.05, 4.69) is 5.32 Å². The lowest BCUT2D eigenvalue weighted by Crippen LogP contribution is -2.27. The number of nitrogens with one attached hydrogen (secondary N) is 1. The van der Waals surface area contributed by atoms with Crippen molar-refractivity contribution in [3.63, 3.8) is 0 Å². The van der Waals surface area contributed by atoms with Crippen LogP contribution in [-0.2, 0) is 16.0 Å². The number of ether oxygens (including phenoxy) is 1. The monoisotopic (exact) mass is 349 g/mol. The minimum Gasteiger partial charge on any atom is -0.494 e. The van der Waals surface area contributed by atoms with Crippen molar-refractivity contribution < 1.29 is 24.5 Å². The van der Waals surface area contributed by atoms with Crippen molar-refractivity contribution in [2.75, 3.05) is 19.7 Å². The second-order valence-corrected chi connectivity index (χ2v) is 6.61. The molecule has 0 amide bonds. The molecular weight excluding hydrogens is 322 g/mol. The van der Waals surface area contributed by atoms with E-state index in [-0.39, 0.29) is 6.42 Å². The third-order valence-electron chi connectivity index (χ3n) is 4.69. The van der Waals surface area contributed by atoms with Crippen LogP contribution in [0.5, 0.6) is 5.75 Å². The van der Waals surface area contributed by atoms with Gasteiger partial charge in [-0.2, -0.15) is 0 Å². The molecule has 0 aromatic heterocycles. The Labute approximate surface area is 148 Å². The minimum atomic E-state index is -1.42. The van der Waals surface area contributed by atoms with E-state index in [0.717, 1.165) is 31.2 Å². The van der Waals surface area contributed by atoms with Crippen molar-refractivity contribution >= 4 is 11.9 Å². The van der Waals surface area contributed by atoms with E-state index in [9.17, 15) is 9.59 Å². The molecule has 1 saturated heterocycles. The summed E-state index contributed by atoms with van der Waals surface area (Å²) in [4.78, 5) is 21.8. The van der Waals surface area contributed by atoms with Crippen LogP contribution in [0.15, 0.2) is 24.3 Å². The number of carboxylic acids is 2. The summed E-state index contributed by atoms with van der Waals surface area (Å²) in [6.45, 7) is 2.94. The van der Waals surface area contributed by atoms with Gasteiger partial charge in [0.05, 0.1) is 6.61 Å². The standard InChI is InChI=1S/C19H27NO5/c21-18(22)17(19(23)24)13-15-4-6-16(7-5-15)25-12-2-1-3-14-8-10-20-11-9-14/h4-7,14,17,20H,1-3,8-13H2,(H,21,22)(H,23,24). The van der Waals surface area contributed by atoms with Gasteiger partial charge < -0.3 is 20.3 Å². The zero-order chi connectivity index (χ0) is 18.1. The van der Waals surface area contributed by atoms with Crippen LogP contribution in [0.1, 0.15) is 37.7 Å². The zero-order valence-corrected chi connectivity index (χ0v) is 14.4. The van der Waals surface area contributed by atoms with E-state index in [1.807, 2.05) is 0 Å². The summed E-state index contributed by atoms with van der Waals surface area (Å²) < 4.78 is 5.71. The molecule has 0 unspecified atom stereocenters. The van der Waals surface area contributed by atoms with Gasteiger partial charge in [0.15, 0.2) is 5.92 Å². The number of benzene rings is 1. The van der Waals surface area contributed by atoms with Crippen molar-refractivity contribution in [2.24, 2.45) is 11.8 Å². The highest BCUT2D eigenvalue weighted by molar-refractivity contribution is 5.93. The number of piperidine rings is 1. The van der Waals surface area contributed by atoms with Crippen molar-refractivity contribution in [2.45, 2.75) is 38.5 Å². The fourth-order valence-electron chi connectivity index (χ4n) is 3.13. The normalized spacial score (nSPS) is 15.2. The Morgan fingerprint density at radius 3 is 2.32 bits per heavy atom. The number of rotatable bonds is 10. The number of carboxylic acid groups (broad SMARTS) is 2. The Morgan fingerprint density at radius 1 is 1.08 bits per heavy atom. The molecule has 138 valence electrons. The highest BCUT2D eigenvalue weighted by Crippen LogP contribution is 2.19. The second kappa shape index (κ2) is 10.0. The molecule has 6 heteroatoms. The van der Waals surface area contributed by atoms with Crippen molar-refractivity contribution in [1.29, 1.82) is 0 Å². The van der Waals surface area contributed by atoms with E-state index in [0.29, 0.717) is 12.2 Å². The van der Waals surface area contributed by atoms with Gasteiger partial charge in [0.25, 0.3) is 0 Å². The number of aliphatic carboxylic acids is 2. The van der Waals surface area contributed by atoms with Crippen LogP contribution in [-0.4, -0.2) is 41.8 Å². The van der Waals surface area contributed by atoms with Crippen molar-refractivity contribution in [1.82, 2.24) is 5.32 Å². The van der Waals surface area contributed by atoms with Gasteiger partial charge in [-0.1, -0.05) is 18.6 Å². The molecule has 25 heavy (non-hydrogen) atoms. The zero-order valence-electron chi connectivity index (χ0n) is 14.4. The fourth-order valence-corrected chi connectivity index (χ4v) is 3.13. The first-order valence-corrected chi connectivity index (χ1v) is 8.94. The van der Waals surface area contributed by atoms with Crippen molar-refractivity contribution in [3.8, 4) is 5.75 Å². The maximum atomic E-state index is 10.9. The molecule has 0 bridgehead atoms. The molecule has 6 nitrogen and oxygen atoms in total. The van der Waals surface area contributed by atoms with Gasteiger partial charge >= 0.3 is 11.9 Å². The summed E-state index contributed by atoms with van der Waals surface area (Å²) in [7, 11) is 0. The second-order valence-electron chi connectivity index (χ2n) is 6.61. The predicted molar refractivity (Wildman–Crippen MR) is 93.8 cm³/mol. The molecule has 0 aliphatic carbocycles. The molecular formula is C19H27NO5. The molecule has 1 aromatic carbocycles. The molecule has 1 fully saturated rings. The third kappa shape index (κ3) is 6.74. The highest BCUT2D eigenvalue weighted by atomic mass is 16.5. The van der Waals surface area contributed by atoms with Crippen LogP contribution in [0.4, 0.5) is 0 Å². The topological polar surface area (TPSA) is 95.9 Å². The van der Waals surface area contributed by atoms with Crippen LogP contribution < -0.4 is 10.1 Å². The van der Waals surface area contributed by atoms with Gasteiger partial charge in [0.2, 0.25) is 0 Å². The summed E-state index contributed by atoms with van der Waals surface area (Å²) >= 11 is 0. The average molecular weight is 349 g/mol. The maximum Gasteiger partial charge on any atom is 0.318 e. The Bertz CT molecular complexity index is 537. The van der Waals surface area contributed by atoms with Gasteiger partial charge in [0.1, 0.15) is 5.75 Å². The van der Waals surface area contributed by atoms with Crippen LogP contribution in [0, 0.1) is 11.8 Å². The van der Waals surface area contributed by atoms with Crippen LogP contribution in [0.25, 0.3) is 0 Å². The molecule has 3 N–H and O–H groups in total. The Balaban J connectivity index is 1.67. The van der Waals surface area contributed by atoms with Crippen LogP contribution in [0.3, 0.4) is 0 Å². The number of unbranched alkanes of at least 4 members (excludes halogenated alkanes) is 1. The fraction of sp³-hybridized carbons (Fsp3) is 0.579. The molecule has 0 saturated carbocycles. The maximum absolute atomic E-state index is 10.9. The SMILES string of the molecule is O=C(O)C(Cc1ccc(OCCCCC2CCNCC2)cc1)C(=O)O. The van der Waals surface area contributed by atoms with Crippen molar-refractivity contribution in [3.05, 3.63) is 29.8 Å². The molecule has 2 rings (SSSR count). The van der Waals surface area contributed by atoms with Gasteiger partial charge in [-0.25, -0.2) is 0 Å². The molecule has 1 aliphatic rings. The molecule has 1 aliphatic heterocycles. The third-order valence-corrected chi connectivity index (χ3v) is 4.69. The van der Waals surface area contributed by atoms with Crippen LogP contribution >= 0.6 is 0 Å². The smallest absolute Gasteiger partial charge is 0.318 e. The van der Waals surface area contributed by atoms with Gasteiger partial charge in [-0.05, 0) is 68.8 Å². The van der Waals surface area contributed by atoms with E-state index in [4.69, 9.17) is 14.9 Å². The summed E-state index contributed by atoms with van der Waals surface area (Å²) in [6, 6.07) is 6.98. The molecule has 0 spiro atoms. The van der Waals surface area contributed by atoms with Gasteiger partial charge in [-0.3, -0.25) is 9.59 Å². The predicted octanol–water partition coefficient (Wildman–Crippen LogP) is 2.56. The lowest BCUT2D eigenvalue weighted by atomic mass is 9.93. The van der Waals surface area contributed by atoms with E-state index in [1.165, 1.54) is 25.7 Å². The average Bonchev–Trinajstić information content (AvgIpc) is 2.61. The lowest BCUT2D eigenvalue weighted by Gasteiger charge is -2.22. The van der Waals surface area contributed by atoms with E-state index in [1.54, 1.807) is 24.3 Å². The quantitative estimate of drug-likeness (QED) is 0.444.